The van der Waals surface area contributed by atoms with Gasteiger partial charge in [0.2, 0.25) is 0 Å². The van der Waals surface area contributed by atoms with Crippen molar-refractivity contribution in [2.24, 2.45) is 0 Å². The van der Waals surface area contributed by atoms with E-state index in [0.717, 1.165) is 72.8 Å². The molecule has 0 amide bonds. The van der Waals surface area contributed by atoms with Crippen LogP contribution in [0.15, 0.2) is 243 Å². The molecule has 0 unspecified atom stereocenters. The summed E-state index contributed by atoms with van der Waals surface area (Å²) < 4.78 is 9.35. The minimum atomic E-state index is 0.871. The molecular formula is C64H40N6. The number of nitrogens with zero attached hydrogens (tertiary/aromatic N) is 6. The molecule has 0 aliphatic carbocycles. The third kappa shape index (κ3) is 5.62. The molecule has 6 heterocycles. The number of benzene rings is 9. The molecule has 0 fully saturated rings. The Kier molecular flexibility index (Phi) is 8.26. The molecule has 326 valence electrons. The van der Waals surface area contributed by atoms with Crippen LogP contribution in [0.1, 0.15) is 0 Å². The minimum Gasteiger partial charge on any atom is -0.309 e. The van der Waals surface area contributed by atoms with Crippen molar-refractivity contribution in [3.63, 3.8) is 0 Å². The summed E-state index contributed by atoms with van der Waals surface area (Å²) in [5.74, 6) is 1.75. The first kappa shape index (κ1) is 38.6. The molecule has 0 atom stereocenters. The Bertz CT molecular complexity index is 4510. The monoisotopic (exact) mass is 892 g/mol. The van der Waals surface area contributed by atoms with Crippen LogP contribution in [-0.2, 0) is 0 Å². The van der Waals surface area contributed by atoms with E-state index in [-0.39, 0.29) is 0 Å². The van der Waals surface area contributed by atoms with E-state index in [1.165, 1.54) is 59.7 Å². The molecule has 6 aromatic heterocycles. The van der Waals surface area contributed by atoms with E-state index in [1.54, 1.807) is 0 Å². The lowest BCUT2D eigenvalue weighted by Gasteiger charge is -2.12. The first-order valence-corrected chi connectivity index (χ1v) is 23.8. The van der Waals surface area contributed by atoms with Crippen molar-refractivity contribution in [2.75, 3.05) is 0 Å². The van der Waals surface area contributed by atoms with Gasteiger partial charge < -0.3 is 9.13 Å². The van der Waals surface area contributed by atoms with E-state index in [0.29, 0.717) is 0 Å². The van der Waals surface area contributed by atoms with Crippen molar-refractivity contribution in [1.82, 2.24) is 28.2 Å². The van der Waals surface area contributed by atoms with Crippen LogP contribution < -0.4 is 0 Å². The molecular weight excluding hydrogens is 853 g/mol. The summed E-state index contributed by atoms with van der Waals surface area (Å²) in [6, 6.07) is 83.1. The fourth-order valence-corrected chi connectivity index (χ4v) is 11.5. The van der Waals surface area contributed by atoms with E-state index in [4.69, 9.17) is 9.97 Å². The van der Waals surface area contributed by atoms with E-state index in [1.807, 2.05) is 12.4 Å². The molecule has 6 heteroatoms. The van der Waals surface area contributed by atoms with E-state index in [9.17, 15) is 0 Å². The van der Waals surface area contributed by atoms with Gasteiger partial charge in [0.25, 0.3) is 0 Å². The van der Waals surface area contributed by atoms with Crippen LogP contribution in [0.25, 0.3) is 132 Å². The third-order valence-electron chi connectivity index (χ3n) is 14.4. The maximum Gasteiger partial charge on any atom is 0.140 e. The second kappa shape index (κ2) is 15.0. The molecule has 0 saturated carbocycles. The molecule has 0 N–H and O–H groups in total. The molecule has 0 saturated heterocycles. The summed E-state index contributed by atoms with van der Waals surface area (Å²) in [4.78, 5) is 10.3. The number of fused-ring (bicyclic) bond motifs is 12. The predicted octanol–water partition coefficient (Wildman–Crippen LogP) is 16.2. The van der Waals surface area contributed by atoms with Crippen LogP contribution >= 0.6 is 0 Å². The standard InChI is InChI=1S/C64H40N6/c1-7-25-54-47(18-1)48-19-2-8-26-55(48)67(54)44-17-13-16-41(36-44)43-37-45(40-65-39-43)68-56-27-9-5-22-51(56)53-38-42(34-35-60(53)68)46-24-14-31-61-64(46)52-23-6-12-30-59(52)70(61)63-33-15-32-62(66-63)69-57-28-10-3-20-49(57)50-21-4-11-29-58(50)69/h1-40H. The topological polar surface area (TPSA) is 45.5 Å². The van der Waals surface area contributed by atoms with Crippen molar-refractivity contribution in [3.05, 3.63) is 243 Å². The van der Waals surface area contributed by atoms with Crippen molar-refractivity contribution in [1.29, 1.82) is 0 Å². The van der Waals surface area contributed by atoms with Crippen LogP contribution in [0.5, 0.6) is 0 Å². The highest BCUT2D eigenvalue weighted by Gasteiger charge is 2.21. The van der Waals surface area contributed by atoms with Gasteiger partial charge in [-0.2, -0.15) is 0 Å². The number of pyridine rings is 2. The van der Waals surface area contributed by atoms with E-state index >= 15 is 0 Å². The van der Waals surface area contributed by atoms with Gasteiger partial charge in [-0.15, -0.1) is 0 Å². The average molecular weight is 893 g/mol. The lowest BCUT2D eigenvalue weighted by molar-refractivity contribution is 1.01. The Morgan fingerprint density at radius 3 is 1.31 bits per heavy atom. The molecule has 0 aliphatic rings. The van der Waals surface area contributed by atoms with Crippen molar-refractivity contribution in [2.45, 2.75) is 0 Å². The van der Waals surface area contributed by atoms with Crippen LogP contribution in [0.3, 0.4) is 0 Å². The second-order valence-electron chi connectivity index (χ2n) is 18.2. The van der Waals surface area contributed by atoms with Gasteiger partial charge in [-0.3, -0.25) is 14.1 Å². The van der Waals surface area contributed by atoms with Gasteiger partial charge in [-0.25, -0.2) is 4.98 Å². The van der Waals surface area contributed by atoms with E-state index < -0.39 is 0 Å². The molecule has 0 spiro atoms. The lowest BCUT2D eigenvalue weighted by Crippen LogP contribution is -2.03. The van der Waals surface area contributed by atoms with Gasteiger partial charge in [0, 0.05) is 60.5 Å². The molecule has 0 aliphatic heterocycles. The number of para-hydroxylation sites is 6. The summed E-state index contributed by atoms with van der Waals surface area (Å²) in [5, 5.41) is 9.70. The smallest absolute Gasteiger partial charge is 0.140 e. The van der Waals surface area contributed by atoms with Gasteiger partial charge in [0.15, 0.2) is 0 Å². The minimum absolute atomic E-state index is 0.871. The van der Waals surface area contributed by atoms with Crippen LogP contribution in [-0.4, -0.2) is 28.2 Å². The van der Waals surface area contributed by atoms with Crippen LogP contribution in [0.4, 0.5) is 0 Å². The first-order valence-electron chi connectivity index (χ1n) is 23.8. The zero-order chi connectivity index (χ0) is 45.9. The summed E-state index contributed by atoms with van der Waals surface area (Å²) in [6.07, 6.45) is 3.97. The average Bonchev–Trinajstić information content (AvgIpc) is 4.16. The molecule has 0 radical (unpaired) electrons. The fourth-order valence-electron chi connectivity index (χ4n) is 11.5. The van der Waals surface area contributed by atoms with Gasteiger partial charge in [0.05, 0.1) is 56.0 Å². The first-order chi connectivity index (χ1) is 34.7. The SMILES string of the molecule is c1cc(-c2cncc(-n3c4ccccc4c4cc(-c5cccc6c5c5ccccc5n6-c5cccc(-n6c7ccccc7c7ccccc76)n5)ccc43)c2)cc(-n2c3ccccc3c3ccccc32)c1. The summed E-state index contributed by atoms with van der Waals surface area (Å²) in [7, 11) is 0. The summed E-state index contributed by atoms with van der Waals surface area (Å²) >= 11 is 0. The summed E-state index contributed by atoms with van der Waals surface area (Å²) in [6.45, 7) is 0. The third-order valence-corrected chi connectivity index (χ3v) is 14.4. The molecule has 15 rings (SSSR count). The molecule has 9 aromatic carbocycles. The summed E-state index contributed by atoms with van der Waals surface area (Å²) in [5.41, 5.74) is 15.8. The number of hydrogen-bond donors (Lipinski definition) is 0. The Morgan fingerprint density at radius 1 is 0.257 bits per heavy atom. The molecule has 0 bridgehead atoms. The second-order valence-corrected chi connectivity index (χ2v) is 18.2. The Hall–Kier alpha value is -9.52. The van der Waals surface area contributed by atoms with Crippen molar-refractivity contribution in [3.8, 4) is 45.3 Å². The lowest BCUT2D eigenvalue weighted by atomic mass is 9.98. The van der Waals surface area contributed by atoms with Crippen molar-refractivity contribution < 1.29 is 0 Å². The Labute approximate surface area is 401 Å². The number of hydrogen-bond acceptors (Lipinski definition) is 2. The number of rotatable bonds is 6. The van der Waals surface area contributed by atoms with Gasteiger partial charge in [-0.1, -0.05) is 146 Å². The van der Waals surface area contributed by atoms with Gasteiger partial charge in [-0.05, 0) is 102 Å². The highest BCUT2D eigenvalue weighted by atomic mass is 15.1. The number of aromatic nitrogens is 6. The van der Waals surface area contributed by atoms with Gasteiger partial charge >= 0.3 is 0 Å². The zero-order valence-corrected chi connectivity index (χ0v) is 37.8. The Morgan fingerprint density at radius 2 is 0.700 bits per heavy atom. The highest BCUT2D eigenvalue weighted by molar-refractivity contribution is 6.18. The van der Waals surface area contributed by atoms with E-state index in [2.05, 4.69) is 249 Å². The molecule has 15 aromatic rings. The van der Waals surface area contributed by atoms with Gasteiger partial charge in [0.1, 0.15) is 11.6 Å². The molecule has 6 nitrogen and oxygen atoms in total. The quantitative estimate of drug-likeness (QED) is 0.167. The fraction of sp³-hybridized carbons (Fsp3) is 0. The largest absolute Gasteiger partial charge is 0.309 e. The normalized spacial score (nSPS) is 12.0. The van der Waals surface area contributed by atoms with Crippen molar-refractivity contribution >= 4 is 87.2 Å². The maximum atomic E-state index is 5.45. The maximum absolute atomic E-state index is 5.45. The molecule has 70 heavy (non-hydrogen) atoms. The highest BCUT2D eigenvalue weighted by Crippen LogP contribution is 2.42. The predicted molar refractivity (Wildman–Crippen MR) is 290 cm³/mol. The van der Waals surface area contributed by atoms with Crippen LogP contribution in [0, 0.1) is 0 Å². The van der Waals surface area contributed by atoms with Crippen LogP contribution in [0.2, 0.25) is 0 Å². The Balaban J connectivity index is 0.860. The zero-order valence-electron chi connectivity index (χ0n) is 37.8.